The molecule has 1 aliphatic rings. The van der Waals surface area contributed by atoms with Gasteiger partial charge < -0.3 is 10.8 Å². The van der Waals surface area contributed by atoms with E-state index in [4.69, 9.17) is 5.73 Å². The molecule has 0 aromatic carbocycles. The second kappa shape index (κ2) is 7.29. The molecule has 1 atom stereocenters. The lowest BCUT2D eigenvalue weighted by molar-refractivity contribution is -0.0220. The normalized spacial score (nSPS) is 21.9. The Bertz CT molecular complexity index is 176. The lowest BCUT2D eigenvalue weighted by Crippen LogP contribution is -2.49. The number of rotatable bonds is 7. The topological polar surface area (TPSA) is 46.2 Å². The molecule has 1 rings (SSSR count). The fraction of sp³-hybridized carbons (Fsp3) is 1.00. The first kappa shape index (κ1) is 14.0. The van der Waals surface area contributed by atoms with Gasteiger partial charge in [0.2, 0.25) is 0 Å². The summed E-state index contributed by atoms with van der Waals surface area (Å²) in [6.07, 6.45) is 12.8. The van der Waals surface area contributed by atoms with Crippen molar-refractivity contribution < 1.29 is 5.11 Å². The van der Waals surface area contributed by atoms with Crippen molar-refractivity contribution in [1.29, 1.82) is 0 Å². The van der Waals surface area contributed by atoms with Crippen molar-refractivity contribution in [2.75, 3.05) is 0 Å². The smallest absolute Gasteiger partial charge is 0.0797 e. The maximum Gasteiger partial charge on any atom is 0.0797 e. The molecule has 0 heterocycles. The summed E-state index contributed by atoms with van der Waals surface area (Å²) < 4.78 is 0. The number of hydrogen-bond acceptors (Lipinski definition) is 2. The Kier molecular flexibility index (Phi) is 6.37. The predicted molar refractivity (Wildman–Crippen MR) is 69.4 cm³/mol. The van der Waals surface area contributed by atoms with Crippen molar-refractivity contribution in [3.63, 3.8) is 0 Å². The van der Waals surface area contributed by atoms with Crippen LogP contribution in [0.15, 0.2) is 0 Å². The summed E-state index contributed by atoms with van der Waals surface area (Å²) in [6, 6.07) is 0.00873. The molecule has 1 saturated carbocycles. The third-order valence-electron chi connectivity index (χ3n) is 4.03. The highest BCUT2D eigenvalue weighted by Crippen LogP contribution is 2.31. The van der Waals surface area contributed by atoms with Gasteiger partial charge in [0, 0.05) is 6.04 Å². The highest BCUT2D eigenvalue weighted by atomic mass is 16.3. The van der Waals surface area contributed by atoms with Gasteiger partial charge in [0.25, 0.3) is 0 Å². The standard InChI is InChI=1S/C14H29NO/c1-2-3-4-5-7-10-13(15)14(16)11-8-6-9-12-14/h13,16H,2-12,15H2,1H3. The molecule has 1 aliphatic carbocycles. The van der Waals surface area contributed by atoms with Gasteiger partial charge in [-0.15, -0.1) is 0 Å². The van der Waals surface area contributed by atoms with Crippen LogP contribution in [0, 0.1) is 0 Å². The molecule has 0 radical (unpaired) electrons. The average molecular weight is 227 g/mol. The fourth-order valence-corrected chi connectivity index (χ4v) is 2.77. The van der Waals surface area contributed by atoms with Crippen LogP contribution >= 0.6 is 0 Å². The first-order valence-corrected chi connectivity index (χ1v) is 7.17. The van der Waals surface area contributed by atoms with Gasteiger partial charge in [0.05, 0.1) is 5.60 Å². The number of hydrogen-bond donors (Lipinski definition) is 2. The molecule has 1 fully saturated rings. The van der Waals surface area contributed by atoms with E-state index >= 15 is 0 Å². The van der Waals surface area contributed by atoms with Crippen LogP contribution in [0.4, 0.5) is 0 Å². The van der Waals surface area contributed by atoms with Crippen LogP contribution in [-0.2, 0) is 0 Å². The average Bonchev–Trinajstić information content (AvgIpc) is 2.29. The second-order valence-electron chi connectivity index (χ2n) is 5.47. The molecule has 2 nitrogen and oxygen atoms in total. The van der Waals surface area contributed by atoms with Crippen LogP contribution < -0.4 is 5.73 Å². The monoisotopic (exact) mass is 227 g/mol. The molecule has 0 spiro atoms. The molecule has 16 heavy (non-hydrogen) atoms. The Morgan fingerprint density at radius 1 is 1.06 bits per heavy atom. The maximum absolute atomic E-state index is 10.4. The third-order valence-corrected chi connectivity index (χ3v) is 4.03. The van der Waals surface area contributed by atoms with Crippen molar-refractivity contribution in [3.8, 4) is 0 Å². The summed E-state index contributed by atoms with van der Waals surface area (Å²) in [5, 5.41) is 10.4. The molecule has 0 amide bonds. The van der Waals surface area contributed by atoms with Gasteiger partial charge in [-0.25, -0.2) is 0 Å². The Hall–Kier alpha value is -0.0800. The Labute approximate surface area is 101 Å². The minimum absolute atomic E-state index is 0.00873. The largest absolute Gasteiger partial charge is 0.388 e. The van der Waals surface area contributed by atoms with Crippen molar-refractivity contribution in [2.45, 2.75) is 89.2 Å². The summed E-state index contributed by atoms with van der Waals surface area (Å²) in [5.41, 5.74) is 5.61. The minimum Gasteiger partial charge on any atom is -0.388 e. The van der Waals surface area contributed by atoms with Crippen LogP contribution in [0.25, 0.3) is 0 Å². The fourth-order valence-electron chi connectivity index (χ4n) is 2.77. The molecule has 0 aliphatic heterocycles. The summed E-state index contributed by atoms with van der Waals surface area (Å²) in [5.74, 6) is 0. The first-order chi connectivity index (χ1) is 7.69. The van der Waals surface area contributed by atoms with E-state index in [1.54, 1.807) is 0 Å². The van der Waals surface area contributed by atoms with Crippen molar-refractivity contribution in [2.24, 2.45) is 5.73 Å². The number of nitrogens with two attached hydrogens (primary N) is 1. The SMILES string of the molecule is CCCCCCCC(N)C1(O)CCCCC1. The van der Waals surface area contributed by atoms with E-state index < -0.39 is 5.60 Å². The molecule has 1 unspecified atom stereocenters. The van der Waals surface area contributed by atoms with E-state index in [2.05, 4.69) is 6.92 Å². The summed E-state index contributed by atoms with van der Waals surface area (Å²) >= 11 is 0. The zero-order valence-electron chi connectivity index (χ0n) is 10.9. The van der Waals surface area contributed by atoms with Crippen molar-refractivity contribution in [3.05, 3.63) is 0 Å². The van der Waals surface area contributed by atoms with E-state index in [1.807, 2.05) is 0 Å². The van der Waals surface area contributed by atoms with Gasteiger partial charge in [-0.1, -0.05) is 58.3 Å². The Balaban J connectivity index is 2.15. The molecule has 0 bridgehead atoms. The molecular formula is C14H29NO. The zero-order chi connectivity index (χ0) is 11.9. The molecule has 96 valence electrons. The van der Waals surface area contributed by atoms with Crippen molar-refractivity contribution in [1.82, 2.24) is 0 Å². The summed E-state index contributed by atoms with van der Waals surface area (Å²) in [6.45, 7) is 2.23. The highest BCUT2D eigenvalue weighted by Gasteiger charge is 2.34. The molecule has 3 N–H and O–H groups in total. The van der Waals surface area contributed by atoms with Gasteiger partial charge in [0.15, 0.2) is 0 Å². The second-order valence-corrected chi connectivity index (χ2v) is 5.47. The van der Waals surface area contributed by atoms with Gasteiger partial charge >= 0.3 is 0 Å². The predicted octanol–water partition coefficient (Wildman–Crippen LogP) is 3.37. The highest BCUT2D eigenvalue weighted by molar-refractivity contribution is 4.91. The van der Waals surface area contributed by atoms with E-state index in [1.165, 1.54) is 38.5 Å². The number of unbranched alkanes of at least 4 members (excludes halogenated alkanes) is 4. The van der Waals surface area contributed by atoms with Crippen LogP contribution in [0.1, 0.15) is 77.6 Å². The van der Waals surface area contributed by atoms with Crippen LogP contribution in [0.2, 0.25) is 0 Å². The van der Waals surface area contributed by atoms with Crippen LogP contribution in [-0.4, -0.2) is 16.7 Å². The van der Waals surface area contributed by atoms with E-state index in [0.29, 0.717) is 0 Å². The molecule has 0 aromatic rings. The van der Waals surface area contributed by atoms with Gasteiger partial charge in [0.1, 0.15) is 0 Å². The maximum atomic E-state index is 10.4. The quantitative estimate of drug-likeness (QED) is 0.655. The van der Waals surface area contributed by atoms with E-state index in [-0.39, 0.29) is 6.04 Å². The molecule has 2 heteroatoms. The minimum atomic E-state index is -0.539. The van der Waals surface area contributed by atoms with Gasteiger partial charge in [-0.2, -0.15) is 0 Å². The Morgan fingerprint density at radius 3 is 2.31 bits per heavy atom. The summed E-state index contributed by atoms with van der Waals surface area (Å²) in [7, 11) is 0. The van der Waals surface area contributed by atoms with Crippen molar-refractivity contribution >= 4 is 0 Å². The number of aliphatic hydroxyl groups is 1. The lowest BCUT2D eigenvalue weighted by atomic mass is 9.78. The van der Waals surface area contributed by atoms with Crippen LogP contribution in [0.3, 0.4) is 0 Å². The third kappa shape index (κ3) is 4.42. The molecule has 0 aromatic heterocycles. The lowest BCUT2D eigenvalue weighted by Gasteiger charge is -2.37. The first-order valence-electron chi connectivity index (χ1n) is 7.17. The van der Waals surface area contributed by atoms with Gasteiger partial charge in [-0.3, -0.25) is 0 Å². The molecule has 0 saturated heterocycles. The Morgan fingerprint density at radius 2 is 1.69 bits per heavy atom. The van der Waals surface area contributed by atoms with Gasteiger partial charge in [-0.05, 0) is 19.3 Å². The van der Waals surface area contributed by atoms with E-state index in [0.717, 1.165) is 32.1 Å². The van der Waals surface area contributed by atoms with E-state index in [9.17, 15) is 5.11 Å². The summed E-state index contributed by atoms with van der Waals surface area (Å²) in [4.78, 5) is 0. The molecular weight excluding hydrogens is 198 g/mol. The van der Waals surface area contributed by atoms with Crippen LogP contribution in [0.5, 0.6) is 0 Å². The zero-order valence-corrected chi connectivity index (χ0v) is 10.9.